The molecular weight excluding hydrogens is 310 g/mol. The van der Waals surface area contributed by atoms with Crippen LogP contribution in [0.15, 0.2) is 42.7 Å². The third-order valence-corrected chi connectivity index (χ3v) is 6.55. The Hall–Kier alpha value is -1.66. The lowest BCUT2D eigenvalue weighted by atomic mass is 9.99. The Labute approximate surface area is 137 Å². The average Bonchev–Trinajstić information content (AvgIpc) is 3.10. The van der Waals surface area contributed by atoms with Crippen molar-refractivity contribution < 1.29 is 8.42 Å². The summed E-state index contributed by atoms with van der Waals surface area (Å²) in [6.45, 7) is 3.11. The van der Waals surface area contributed by atoms with E-state index in [9.17, 15) is 8.42 Å². The van der Waals surface area contributed by atoms with E-state index in [1.807, 2.05) is 37.3 Å². The molecule has 2 atom stereocenters. The van der Waals surface area contributed by atoms with Crippen molar-refractivity contribution in [3.05, 3.63) is 54.1 Å². The highest BCUT2D eigenvalue weighted by atomic mass is 32.2. The van der Waals surface area contributed by atoms with Gasteiger partial charge in [0.05, 0.1) is 5.75 Å². The summed E-state index contributed by atoms with van der Waals surface area (Å²) < 4.78 is 27.2. The van der Waals surface area contributed by atoms with Crippen molar-refractivity contribution in [2.45, 2.75) is 31.6 Å². The molecule has 1 aliphatic heterocycles. The molecule has 1 saturated heterocycles. The molecule has 1 aromatic carbocycles. The largest absolute Gasteiger partial charge is 0.348 e. The molecule has 1 aromatic heterocycles. The highest BCUT2D eigenvalue weighted by Crippen LogP contribution is 2.27. The second kappa shape index (κ2) is 6.84. The quantitative estimate of drug-likeness (QED) is 0.915. The van der Waals surface area contributed by atoms with Gasteiger partial charge >= 0.3 is 0 Å². The van der Waals surface area contributed by atoms with Crippen molar-refractivity contribution in [3.8, 4) is 0 Å². The van der Waals surface area contributed by atoms with Crippen molar-refractivity contribution in [3.63, 3.8) is 0 Å². The van der Waals surface area contributed by atoms with Gasteiger partial charge in [-0.15, -0.1) is 0 Å². The van der Waals surface area contributed by atoms with Gasteiger partial charge < -0.3 is 4.98 Å². The molecule has 0 saturated carbocycles. The maximum atomic E-state index is 12.8. The van der Waals surface area contributed by atoms with Gasteiger partial charge in [0.1, 0.15) is 5.82 Å². The van der Waals surface area contributed by atoms with Gasteiger partial charge in [0.25, 0.3) is 0 Å². The van der Waals surface area contributed by atoms with Crippen molar-refractivity contribution in [2.24, 2.45) is 0 Å². The van der Waals surface area contributed by atoms with Crippen LogP contribution in [0.1, 0.15) is 43.0 Å². The summed E-state index contributed by atoms with van der Waals surface area (Å²) in [5.74, 6) is 1.20. The van der Waals surface area contributed by atoms with Crippen LogP contribution in [0.5, 0.6) is 0 Å². The lowest BCUT2D eigenvalue weighted by Gasteiger charge is -2.31. The summed E-state index contributed by atoms with van der Waals surface area (Å²) in [7, 11) is -3.26. The summed E-state index contributed by atoms with van der Waals surface area (Å²) in [6, 6.07) is 9.83. The number of benzene rings is 1. The number of rotatable bonds is 5. The molecule has 1 N–H and O–H groups in total. The van der Waals surface area contributed by atoms with Crippen LogP contribution in [-0.2, 0) is 10.0 Å². The van der Waals surface area contributed by atoms with Gasteiger partial charge in [0.15, 0.2) is 0 Å². The first-order chi connectivity index (χ1) is 11.1. The van der Waals surface area contributed by atoms with Gasteiger partial charge in [-0.3, -0.25) is 0 Å². The van der Waals surface area contributed by atoms with Crippen LogP contribution in [0.2, 0.25) is 0 Å². The molecule has 0 bridgehead atoms. The monoisotopic (exact) mass is 333 g/mol. The van der Waals surface area contributed by atoms with Gasteiger partial charge in [-0.05, 0) is 24.3 Å². The van der Waals surface area contributed by atoms with E-state index in [1.165, 1.54) is 0 Å². The molecule has 0 spiro atoms. The maximum absolute atomic E-state index is 12.8. The molecule has 1 aliphatic rings. The molecule has 2 aromatic rings. The lowest BCUT2D eigenvalue weighted by Crippen LogP contribution is -2.41. The van der Waals surface area contributed by atoms with E-state index in [-0.39, 0.29) is 17.6 Å². The average molecular weight is 333 g/mol. The summed E-state index contributed by atoms with van der Waals surface area (Å²) in [4.78, 5) is 7.40. The minimum atomic E-state index is -3.26. The van der Waals surface area contributed by atoms with E-state index in [4.69, 9.17) is 0 Å². The Morgan fingerprint density at radius 2 is 2.13 bits per heavy atom. The SMILES string of the molecule is CC(CS(=O)(=O)N1CCCC(c2ncc[nH]2)C1)c1ccccc1. The Morgan fingerprint density at radius 1 is 1.35 bits per heavy atom. The molecule has 2 unspecified atom stereocenters. The van der Waals surface area contributed by atoms with E-state index < -0.39 is 10.0 Å². The van der Waals surface area contributed by atoms with E-state index in [0.29, 0.717) is 13.1 Å². The number of nitrogens with zero attached hydrogens (tertiary/aromatic N) is 2. The molecular formula is C17H23N3O2S. The number of aromatic amines is 1. The smallest absolute Gasteiger partial charge is 0.214 e. The summed E-state index contributed by atoms with van der Waals surface area (Å²) >= 11 is 0. The third-order valence-electron chi connectivity index (χ3n) is 4.51. The predicted molar refractivity (Wildman–Crippen MR) is 90.8 cm³/mol. The summed E-state index contributed by atoms with van der Waals surface area (Å²) in [5, 5.41) is 0. The standard InChI is InChI=1S/C17H23N3O2S/c1-14(15-6-3-2-4-7-15)13-23(21,22)20-11-5-8-16(12-20)17-18-9-10-19-17/h2-4,6-7,9-10,14,16H,5,8,11-13H2,1H3,(H,18,19). The van der Waals surface area contributed by atoms with Gasteiger partial charge in [0, 0.05) is 31.4 Å². The van der Waals surface area contributed by atoms with Gasteiger partial charge in [0.2, 0.25) is 10.0 Å². The zero-order chi connectivity index (χ0) is 16.3. The molecule has 6 heteroatoms. The Bertz CT molecular complexity index is 714. The summed E-state index contributed by atoms with van der Waals surface area (Å²) in [6.07, 6.45) is 5.37. The lowest BCUT2D eigenvalue weighted by molar-refractivity contribution is 0.309. The first kappa shape index (κ1) is 16.2. The Balaban J connectivity index is 1.69. The molecule has 2 heterocycles. The first-order valence-electron chi connectivity index (χ1n) is 8.08. The first-order valence-corrected chi connectivity index (χ1v) is 9.69. The van der Waals surface area contributed by atoms with Crippen molar-refractivity contribution >= 4 is 10.0 Å². The van der Waals surface area contributed by atoms with E-state index in [2.05, 4.69) is 9.97 Å². The highest BCUT2D eigenvalue weighted by Gasteiger charge is 2.31. The van der Waals surface area contributed by atoms with E-state index >= 15 is 0 Å². The molecule has 0 radical (unpaired) electrons. The zero-order valence-corrected chi connectivity index (χ0v) is 14.2. The van der Waals surface area contributed by atoms with Gasteiger partial charge in [-0.25, -0.2) is 17.7 Å². The number of hydrogen-bond acceptors (Lipinski definition) is 3. The van der Waals surface area contributed by atoms with E-state index in [1.54, 1.807) is 16.7 Å². The van der Waals surface area contributed by atoms with Gasteiger partial charge in [-0.2, -0.15) is 0 Å². The highest BCUT2D eigenvalue weighted by molar-refractivity contribution is 7.89. The minimum absolute atomic E-state index is 0.00908. The van der Waals surface area contributed by atoms with Crippen molar-refractivity contribution in [2.75, 3.05) is 18.8 Å². The van der Waals surface area contributed by atoms with Crippen LogP contribution in [-0.4, -0.2) is 41.5 Å². The number of H-pyrrole nitrogens is 1. The van der Waals surface area contributed by atoms with Crippen LogP contribution in [0, 0.1) is 0 Å². The predicted octanol–water partition coefficient (Wildman–Crippen LogP) is 2.72. The van der Waals surface area contributed by atoms with Crippen LogP contribution < -0.4 is 0 Å². The maximum Gasteiger partial charge on any atom is 0.214 e. The molecule has 3 rings (SSSR count). The number of nitrogens with one attached hydrogen (secondary N) is 1. The van der Waals surface area contributed by atoms with Crippen LogP contribution >= 0.6 is 0 Å². The Kier molecular flexibility index (Phi) is 4.82. The zero-order valence-electron chi connectivity index (χ0n) is 13.4. The van der Waals surface area contributed by atoms with Gasteiger partial charge in [-0.1, -0.05) is 37.3 Å². The molecule has 5 nitrogen and oxygen atoms in total. The fourth-order valence-corrected chi connectivity index (χ4v) is 5.07. The molecule has 1 fully saturated rings. The van der Waals surface area contributed by atoms with Crippen molar-refractivity contribution in [1.29, 1.82) is 0 Å². The van der Waals surface area contributed by atoms with Crippen LogP contribution in [0.4, 0.5) is 0 Å². The normalized spacial score (nSPS) is 21.2. The minimum Gasteiger partial charge on any atom is -0.348 e. The summed E-state index contributed by atoms with van der Waals surface area (Å²) in [5.41, 5.74) is 1.07. The number of aromatic nitrogens is 2. The Morgan fingerprint density at radius 3 is 2.83 bits per heavy atom. The van der Waals surface area contributed by atoms with Crippen molar-refractivity contribution in [1.82, 2.24) is 14.3 Å². The molecule has 124 valence electrons. The fraction of sp³-hybridized carbons (Fsp3) is 0.471. The number of sulfonamides is 1. The topological polar surface area (TPSA) is 66.1 Å². The fourth-order valence-electron chi connectivity index (χ4n) is 3.22. The van der Waals surface area contributed by atoms with Crippen LogP contribution in [0.25, 0.3) is 0 Å². The van der Waals surface area contributed by atoms with E-state index in [0.717, 1.165) is 24.2 Å². The third kappa shape index (κ3) is 3.82. The van der Waals surface area contributed by atoms with Crippen LogP contribution in [0.3, 0.4) is 0 Å². The number of imidazole rings is 1. The second-order valence-electron chi connectivity index (χ2n) is 6.26. The number of piperidine rings is 1. The molecule has 0 aliphatic carbocycles. The number of hydrogen-bond donors (Lipinski definition) is 1. The molecule has 0 amide bonds. The second-order valence-corrected chi connectivity index (χ2v) is 8.28. The molecule has 23 heavy (non-hydrogen) atoms.